The van der Waals surface area contributed by atoms with Crippen LogP contribution in [0.5, 0.6) is 5.75 Å². The van der Waals surface area contributed by atoms with Crippen LogP contribution in [-0.2, 0) is 19.9 Å². The summed E-state index contributed by atoms with van der Waals surface area (Å²) in [6, 6.07) is 12.1. The lowest BCUT2D eigenvalue weighted by atomic mass is 9.75. The van der Waals surface area contributed by atoms with E-state index < -0.39 is 17.4 Å². The topological polar surface area (TPSA) is 79.0 Å². The minimum atomic E-state index is -1.21. The minimum absolute atomic E-state index is 0.152. The van der Waals surface area contributed by atoms with Crippen molar-refractivity contribution in [1.82, 2.24) is 4.90 Å². The number of rotatable bonds is 2. The van der Waals surface area contributed by atoms with Gasteiger partial charge in [-0.05, 0) is 49.7 Å². The molecule has 4 atom stereocenters. The predicted molar refractivity (Wildman–Crippen MR) is 114 cm³/mol. The average Bonchev–Trinajstić information content (AvgIpc) is 3.47. The highest BCUT2D eigenvalue weighted by Gasteiger charge is 2.74. The Hall–Kier alpha value is -2.90. The maximum atomic E-state index is 13.8. The van der Waals surface area contributed by atoms with E-state index in [1.54, 1.807) is 43.5 Å². The summed E-state index contributed by atoms with van der Waals surface area (Å²) < 4.78 is 5.20. The first-order chi connectivity index (χ1) is 15.0. The SMILES string of the molecule is COc1ccc(N2C(=O)[C@@H]3[C@@H]4CCCN4[C@@]4(C(=O)Nc5c(Cl)cccc54)[C@H]3C2=O)cc1. The van der Waals surface area contributed by atoms with Crippen LogP contribution >= 0.6 is 11.6 Å². The highest BCUT2D eigenvalue weighted by molar-refractivity contribution is 6.35. The third-order valence-corrected chi connectivity index (χ3v) is 7.62. The molecular formula is C23H20ClN3O4. The standard InChI is InChI=1S/C23H20ClN3O4/c1-31-13-9-7-12(8-10-13)27-20(28)17-16-6-3-11-26(16)23(18(17)21(27)29)14-4-2-5-15(24)19(14)25-22(23)30/h2,4-5,7-10,16-18H,3,6,11H2,1H3,(H,25,30)/t16-,17+,18+,23+/m0/s1. The highest BCUT2D eigenvalue weighted by Crippen LogP contribution is 2.61. The van der Waals surface area contributed by atoms with Crippen molar-refractivity contribution in [3.8, 4) is 5.75 Å². The van der Waals surface area contributed by atoms with Gasteiger partial charge in [-0.25, -0.2) is 4.90 Å². The van der Waals surface area contributed by atoms with E-state index >= 15 is 0 Å². The van der Waals surface area contributed by atoms with Crippen LogP contribution in [0.2, 0.25) is 5.02 Å². The van der Waals surface area contributed by atoms with E-state index in [0.717, 1.165) is 12.8 Å². The molecule has 158 valence electrons. The van der Waals surface area contributed by atoms with Gasteiger partial charge in [0.25, 0.3) is 5.91 Å². The van der Waals surface area contributed by atoms with Gasteiger partial charge in [0.1, 0.15) is 11.3 Å². The van der Waals surface area contributed by atoms with Gasteiger partial charge in [0.15, 0.2) is 0 Å². The number of benzene rings is 2. The van der Waals surface area contributed by atoms with Gasteiger partial charge < -0.3 is 10.1 Å². The Morgan fingerprint density at radius 2 is 1.87 bits per heavy atom. The number of methoxy groups -OCH3 is 1. The van der Waals surface area contributed by atoms with E-state index in [0.29, 0.717) is 34.3 Å². The number of hydrogen-bond donors (Lipinski definition) is 1. The number of ether oxygens (including phenoxy) is 1. The average molecular weight is 438 g/mol. The molecule has 7 nitrogen and oxygen atoms in total. The van der Waals surface area contributed by atoms with Crippen LogP contribution in [0, 0.1) is 11.8 Å². The molecule has 3 amide bonds. The monoisotopic (exact) mass is 437 g/mol. The molecule has 0 unspecified atom stereocenters. The molecule has 0 radical (unpaired) electrons. The molecule has 0 bridgehead atoms. The zero-order valence-corrected chi connectivity index (χ0v) is 17.6. The van der Waals surface area contributed by atoms with Crippen LogP contribution in [0.1, 0.15) is 18.4 Å². The van der Waals surface area contributed by atoms with Crippen LogP contribution in [-0.4, -0.2) is 42.3 Å². The molecular weight excluding hydrogens is 418 g/mol. The maximum Gasteiger partial charge on any atom is 0.250 e. The van der Waals surface area contributed by atoms with E-state index in [1.807, 2.05) is 6.07 Å². The Balaban J connectivity index is 1.53. The van der Waals surface area contributed by atoms with Crippen LogP contribution in [0.25, 0.3) is 0 Å². The first-order valence-corrected chi connectivity index (χ1v) is 10.8. The van der Waals surface area contributed by atoms with Crippen LogP contribution < -0.4 is 15.0 Å². The maximum absolute atomic E-state index is 13.8. The molecule has 0 aliphatic carbocycles. The number of hydrogen-bond acceptors (Lipinski definition) is 5. The fraction of sp³-hybridized carbons (Fsp3) is 0.348. The number of halogens is 1. The zero-order chi connectivity index (χ0) is 21.5. The molecule has 3 fully saturated rings. The molecule has 0 saturated carbocycles. The summed E-state index contributed by atoms with van der Waals surface area (Å²) in [5.74, 6) is -1.55. The van der Waals surface area contributed by atoms with Gasteiger partial charge in [-0.3, -0.25) is 19.3 Å². The molecule has 1 spiro atoms. The summed E-state index contributed by atoms with van der Waals surface area (Å²) in [5.41, 5.74) is 0.528. The van der Waals surface area contributed by atoms with Gasteiger partial charge in [-0.1, -0.05) is 23.7 Å². The van der Waals surface area contributed by atoms with Crippen LogP contribution in [0.3, 0.4) is 0 Å². The largest absolute Gasteiger partial charge is 0.497 e. The van der Waals surface area contributed by atoms with Crippen molar-refractivity contribution in [1.29, 1.82) is 0 Å². The van der Waals surface area contributed by atoms with Crippen molar-refractivity contribution in [2.24, 2.45) is 11.8 Å². The minimum Gasteiger partial charge on any atom is -0.497 e. The molecule has 2 aromatic rings. The Morgan fingerprint density at radius 3 is 2.61 bits per heavy atom. The lowest BCUT2D eigenvalue weighted by Gasteiger charge is -2.36. The first kappa shape index (κ1) is 18.8. The number of nitrogens with one attached hydrogen (secondary N) is 1. The highest BCUT2D eigenvalue weighted by atomic mass is 35.5. The molecule has 31 heavy (non-hydrogen) atoms. The Labute approximate surface area is 183 Å². The Bertz CT molecular complexity index is 1150. The summed E-state index contributed by atoms with van der Waals surface area (Å²) in [5, 5.41) is 3.35. The lowest BCUT2D eigenvalue weighted by molar-refractivity contribution is -0.135. The van der Waals surface area contributed by atoms with E-state index in [2.05, 4.69) is 10.2 Å². The Morgan fingerprint density at radius 1 is 1.10 bits per heavy atom. The summed E-state index contributed by atoms with van der Waals surface area (Å²) in [6.45, 7) is 0.667. The van der Waals surface area contributed by atoms with Gasteiger partial charge in [-0.15, -0.1) is 0 Å². The number of imide groups is 1. The van der Waals surface area contributed by atoms with Gasteiger partial charge >= 0.3 is 0 Å². The molecule has 2 aromatic carbocycles. The molecule has 4 aliphatic heterocycles. The van der Waals surface area contributed by atoms with Crippen molar-refractivity contribution in [3.63, 3.8) is 0 Å². The number of para-hydroxylation sites is 1. The summed E-state index contributed by atoms with van der Waals surface area (Å²) >= 11 is 6.39. The molecule has 8 heteroatoms. The predicted octanol–water partition coefficient (Wildman–Crippen LogP) is 2.78. The molecule has 6 rings (SSSR count). The number of anilines is 2. The molecule has 4 aliphatic rings. The number of amides is 3. The molecule has 0 aromatic heterocycles. The van der Waals surface area contributed by atoms with Crippen molar-refractivity contribution < 1.29 is 19.1 Å². The second-order valence-corrected chi connectivity index (χ2v) is 8.91. The van der Waals surface area contributed by atoms with Gasteiger partial charge in [0.05, 0.1) is 35.3 Å². The fourth-order valence-corrected chi connectivity index (χ4v) is 6.40. The van der Waals surface area contributed by atoms with Crippen molar-refractivity contribution in [2.75, 3.05) is 23.9 Å². The third kappa shape index (κ3) is 2.15. The van der Waals surface area contributed by atoms with E-state index in [4.69, 9.17) is 16.3 Å². The van der Waals surface area contributed by atoms with E-state index in [1.165, 1.54) is 4.90 Å². The lowest BCUT2D eigenvalue weighted by Crippen LogP contribution is -2.54. The number of carbonyl (C=O) groups is 3. The van der Waals surface area contributed by atoms with Gasteiger partial charge in [0.2, 0.25) is 11.8 Å². The molecule has 4 heterocycles. The summed E-state index contributed by atoms with van der Waals surface area (Å²) in [4.78, 5) is 44.3. The van der Waals surface area contributed by atoms with Gasteiger partial charge in [-0.2, -0.15) is 0 Å². The van der Waals surface area contributed by atoms with Crippen LogP contribution in [0.15, 0.2) is 42.5 Å². The molecule has 3 saturated heterocycles. The molecule has 1 N–H and O–H groups in total. The van der Waals surface area contributed by atoms with Crippen molar-refractivity contribution in [3.05, 3.63) is 53.1 Å². The number of nitrogens with zero attached hydrogens (tertiary/aromatic N) is 2. The van der Waals surface area contributed by atoms with E-state index in [-0.39, 0.29) is 23.8 Å². The normalized spacial score (nSPS) is 31.2. The smallest absolute Gasteiger partial charge is 0.250 e. The van der Waals surface area contributed by atoms with E-state index in [9.17, 15) is 14.4 Å². The van der Waals surface area contributed by atoms with Crippen molar-refractivity contribution >= 4 is 40.7 Å². The number of carbonyl (C=O) groups excluding carboxylic acids is 3. The summed E-state index contributed by atoms with van der Waals surface area (Å²) in [6.07, 6.45) is 1.66. The third-order valence-electron chi connectivity index (χ3n) is 7.31. The van der Waals surface area contributed by atoms with Crippen LogP contribution in [0.4, 0.5) is 11.4 Å². The summed E-state index contributed by atoms with van der Waals surface area (Å²) in [7, 11) is 1.56. The fourth-order valence-electron chi connectivity index (χ4n) is 6.18. The Kier molecular flexibility index (Phi) is 3.83. The van der Waals surface area contributed by atoms with Gasteiger partial charge in [0, 0.05) is 11.6 Å². The van der Waals surface area contributed by atoms with Crippen molar-refractivity contribution in [2.45, 2.75) is 24.4 Å². The number of fused-ring (bicyclic) bond motifs is 7. The quantitative estimate of drug-likeness (QED) is 0.731. The zero-order valence-electron chi connectivity index (χ0n) is 16.8. The second kappa shape index (κ2) is 6.31. The first-order valence-electron chi connectivity index (χ1n) is 10.4. The second-order valence-electron chi connectivity index (χ2n) is 8.50.